The molecule has 3 aromatic carbocycles. The van der Waals surface area contributed by atoms with Gasteiger partial charge in [-0.15, -0.1) is 0 Å². The van der Waals surface area contributed by atoms with Crippen LogP contribution in [0.4, 0.5) is 16.0 Å². The largest absolute Gasteiger partial charge is 0.423 e. The molecule has 6 heteroatoms. The Morgan fingerprint density at radius 2 is 1.43 bits per heavy atom. The van der Waals surface area contributed by atoms with E-state index in [1.807, 2.05) is 12.1 Å². The summed E-state index contributed by atoms with van der Waals surface area (Å²) < 4.78 is 20.7. The lowest BCUT2D eigenvalue weighted by Gasteiger charge is -2.39. The molecule has 0 bridgehead atoms. The Morgan fingerprint density at radius 1 is 0.809 bits per heavy atom. The van der Waals surface area contributed by atoms with Gasteiger partial charge in [-0.1, -0.05) is 73.5 Å². The van der Waals surface area contributed by atoms with Crippen LogP contribution >= 0.6 is 0 Å². The molecule has 2 fully saturated rings. The second-order valence-electron chi connectivity index (χ2n) is 14.4. The molecule has 5 nitrogen and oxygen atoms in total. The van der Waals surface area contributed by atoms with Gasteiger partial charge in [-0.25, -0.2) is 9.37 Å². The minimum absolute atomic E-state index is 0.0272. The third kappa shape index (κ3) is 7.75. The smallest absolute Gasteiger partial charge is 0.220 e. The first-order chi connectivity index (χ1) is 22.8. The summed E-state index contributed by atoms with van der Waals surface area (Å²) in [4.78, 5) is 12.6. The molecule has 0 radical (unpaired) electrons. The van der Waals surface area contributed by atoms with E-state index in [0.717, 1.165) is 43.2 Å². The van der Waals surface area contributed by atoms with Crippen molar-refractivity contribution in [3.8, 4) is 0 Å². The minimum atomic E-state index is -0.172. The highest BCUT2D eigenvalue weighted by Crippen LogP contribution is 2.44. The third-order valence-electron chi connectivity index (χ3n) is 10.9. The number of piperidine rings is 1. The summed E-state index contributed by atoms with van der Waals surface area (Å²) >= 11 is 0. The number of para-hydroxylation sites is 1. The summed E-state index contributed by atoms with van der Waals surface area (Å²) in [5, 5.41) is 0. The first-order valence-electron chi connectivity index (χ1n) is 17.8. The molecule has 4 aromatic rings. The monoisotopic (exact) mass is 636 g/mol. The molecule has 1 saturated carbocycles. The van der Waals surface area contributed by atoms with E-state index in [-0.39, 0.29) is 11.9 Å². The van der Waals surface area contributed by atoms with Crippen molar-refractivity contribution in [1.82, 2.24) is 9.88 Å². The van der Waals surface area contributed by atoms with Crippen LogP contribution in [0.15, 0.2) is 89.3 Å². The fraction of sp³-hybridized carbons (Fsp3) is 0.488. The minimum Gasteiger partial charge on any atom is -0.423 e. The number of oxazole rings is 1. The Hall–Kier alpha value is -3.64. The first-order valence-corrected chi connectivity index (χ1v) is 17.8. The summed E-state index contributed by atoms with van der Waals surface area (Å²) in [5.41, 5.74) is 4.70. The summed E-state index contributed by atoms with van der Waals surface area (Å²) in [6.07, 6.45) is 10.0. The van der Waals surface area contributed by atoms with Gasteiger partial charge in [0, 0.05) is 37.3 Å². The highest BCUT2D eigenvalue weighted by Gasteiger charge is 2.36. The summed E-state index contributed by atoms with van der Waals surface area (Å²) in [5.74, 6) is 2.74. The zero-order chi connectivity index (χ0) is 32.9. The van der Waals surface area contributed by atoms with Crippen LogP contribution in [0.5, 0.6) is 0 Å². The Kier molecular flexibility index (Phi) is 10.7. The van der Waals surface area contributed by atoms with E-state index in [0.29, 0.717) is 30.0 Å². The van der Waals surface area contributed by atoms with Crippen LogP contribution in [0.2, 0.25) is 0 Å². The van der Waals surface area contributed by atoms with Crippen LogP contribution in [-0.4, -0.2) is 43.1 Å². The molecule has 1 aliphatic carbocycles. The normalized spacial score (nSPS) is 23.1. The number of hydrogen-bond donors (Lipinski definition) is 0. The fourth-order valence-electron chi connectivity index (χ4n) is 8.41. The number of benzene rings is 3. The molecule has 4 atom stereocenters. The lowest BCUT2D eigenvalue weighted by atomic mass is 9.74. The van der Waals surface area contributed by atoms with Gasteiger partial charge in [0.15, 0.2) is 0 Å². The topological polar surface area (TPSA) is 35.8 Å². The third-order valence-corrected chi connectivity index (χ3v) is 10.9. The van der Waals surface area contributed by atoms with E-state index in [4.69, 9.17) is 9.40 Å². The number of rotatable bonds is 11. The predicted octanol–water partition coefficient (Wildman–Crippen LogP) is 9.85. The summed E-state index contributed by atoms with van der Waals surface area (Å²) in [6, 6.07) is 29.7. The Bertz CT molecular complexity index is 1520. The maximum atomic E-state index is 13.7. The van der Waals surface area contributed by atoms with Gasteiger partial charge in [-0.3, -0.25) is 0 Å². The molecular weight excluding hydrogens is 583 g/mol. The van der Waals surface area contributed by atoms with Crippen LogP contribution < -0.4 is 9.80 Å². The van der Waals surface area contributed by atoms with Gasteiger partial charge in [-0.2, -0.15) is 0 Å². The van der Waals surface area contributed by atoms with Crippen LogP contribution in [0.3, 0.4) is 0 Å². The first kappa shape index (κ1) is 33.3. The van der Waals surface area contributed by atoms with Crippen LogP contribution in [0.1, 0.15) is 100 Å². The fourth-order valence-corrected chi connectivity index (χ4v) is 8.41. The lowest BCUT2D eigenvalue weighted by molar-refractivity contribution is 0.142. The van der Waals surface area contributed by atoms with Crippen molar-refractivity contribution in [1.29, 1.82) is 0 Å². The molecule has 4 unspecified atom stereocenters. The van der Waals surface area contributed by atoms with Crippen molar-refractivity contribution >= 4 is 11.6 Å². The van der Waals surface area contributed by atoms with Crippen molar-refractivity contribution in [2.75, 3.05) is 30.9 Å². The average Bonchev–Trinajstić information content (AvgIpc) is 3.48. The molecule has 1 aliphatic heterocycles. The van der Waals surface area contributed by atoms with Crippen LogP contribution in [-0.2, 0) is 6.42 Å². The van der Waals surface area contributed by atoms with Gasteiger partial charge >= 0.3 is 0 Å². The number of hydrogen-bond acceptors (Lipinski definition) is 5. The maximum absolute atomic E-state index is 13.7. The standard InChI is InChI=1S/C41H53FN4O/c1-29-13-12-14-30(2)46(29)41-37(27-31-15-8-6-9-16-31)43-40(47-41)38(45(5)36-17-10-7-11-18-36)28-32-19-21-33(22-20-32)39(44(3)4)34-23-25-35(42)26-24-34/h6-11,15-18,23-26,29-30,32-33,38-39H,12-14,19-22,27-28H2,1-5H3. The van der Waals surface area contributed by atoms with Crippen LogP contribution in [0, 0.1) is 17.7 Å². The molecule has 250 valence electrons. The van der Waals surface area contributed by atoms with Gasteiger partial charge in [0.2, 0.25) is 11.8 Å². The summed E-state index contributed by atoms with van der Waals surface area (Å²) in [6.45, 7) is 4.67. The molecule has 0 N–H and O–H groups in total. The zero-order valence-corrected chi connectivity index (χ0v) is 29.0. The maximum Gasteiger partial charge on any atom is 0.220 e. The van der Waals surface area contributed by atoms with Gasteiger partial charge < -0.3 is 19.1 Å². The van der Waals surface area contributed by atoms with Crippen molar-refractivity contribution in [2.45, 2.75) is 95.8 Å². The number of halogens is 1. The van der Waals surface area contributed by atoms with Gasteiger partial charge in [0.05, 0.1) is 0 Å². The highest BCUT2D eigenvalue weighted by atomic mass is 19.1. The summed E-state index contributed by atoms with van der Waals surface area (Å²) in [7, 11) is 6.51. The van der Waals surface area contributed by atoms with E-state index in [1.165, 1.54) is 48.9 Å². The zero-order valence-electron chi connectivity index (χ0n) is 29.0. The van der Waals surface area contributed by atoms with Gasteiger partial charge in [0.1, 0.15) is 17.6 Å². The average molecular weight is 637 g/mol. The quantitative estimate of drug-likeness (QED) is 0.164. The van der Waals surface area contributed by atoms with E-state index in [1.54, 1.807) is 12.1 Å². The van der Waals surface area contributed by atoms with E-state index < -0.39 is 0 Å². The Morgan fingerprint density at radius 3 is 2.04 bits per heavy atom. The van der Waals surface area contributed by atoms with E-state index in [2.05, 4.69) is 110 Å². The Balaban J connectivity index is 1.28. The lowest BCUT2D eigenvalue weighted by Crippen LogP contribution is -2.44. The Labute approximate surface area is 281 Å². The highest BCUT2D eigenvalue weighted by molar-refractivity contribution is 5.49. The van der Waals surface area contributed by atoms with Crippen molar-refractivity contribution in [3.05, 3.63) is 113 Å². The van der Waals surface area contributed by atoms with Crippen molar-refractivity contribution < 1.29 is 8.81 Å². The van der Waals surface area contributed by atoms with Crippen LogP contribution in [0.25, 0.3) is 0 Å². The molecule has 0 spiro atoms. The number of anilines is 2. The molecule has 1 saturated heterocycles. The second kappa shape index (κ2) is 15.1. The molecule has 2 heterocycles. The molecule has 2 aliphatic rings. The SMILES string of the molecule is CC1CCCC(C)N1c1oc(C(CC2CCC(C(c3ccc(F)cc3)N(C)C)CC2)N(C)c2ccccc2)nc1Cc1ccccc1. The van der Waals surface area contributed by atoms with Gasteiger partial charge in [0.25, 0.3) is 0 Å². The van der Waals surface area contributed by atoms with Crippen molar-refractivity contribution in [3.63, 3.8) is 0 Å². The predicted molar refractivity (Wildman–Crippen MR) is 191 cm³/mol. The number of nitrogens with zero attached hydrogens (tertiary/aromatic N) is 4. The van der Waals surface area contributed by atoms with E-state index in [9.17, 15) is 4.39 Å². The van der Waals surface area contributed by atoms with Crippen molar-refractivity contribution in [2.24, 2.45) is 11.8 Å². The molecule has 6 rings (SSSR count). The molecule has 1 aromatic heterocycles. The molecule has 0 amide bonds. The second-order valence-corrected chi connectivity index (χ2v) is 14.4. The molecule has 47 heavy (non-hydrogen) atoms. The number of aromatic nitrogens is 1. The van der Waals surface area contributed by atoms with E-state index >= 15 is 0 Å². The van der Waals surface area contributed by atoms with Gasteiger partial charge in [-0.05, 0) is 114 Å². The molecular formula is C41H53FN4O.